The van der Waals surface area contributed by atoms with Gasteiger partial charge < -0.3 is 15.0 Å². The first-order chi connectivity index (χ1) is 14.1. The fraction of sp³-hybridized carbons (Fsp3) is 0.333. The number of benzene rings is 1. The fourth-order valence-electron chi connectivity index (χ4n) is 3.27. The highest BCUT2D eigenvalue weighted by Crippen LogP contribution is 2.22. The summed E-state index contributed by atoms with van der Waals surface area (Å²) >= 11 is 0. The molecule has 1 aliphatic rings. The van der Waals surface area contributed by atoms with Crippen LogP contribution in [0.25, 0.3) is 0 Å². The summed E-state index contributed by atoms with van der Waals surface area (Å²) in [5.41, 5.74) is 5.08. The van der Waals surface area contributed by atoms with Crippen molar-refractivity contribution < 1.29 is 9.53 Å². The number of aryl methyl sites for hydroxylation is 1. The van der Waals surface area contributed by atoms with Crippen LogP contribution in [0, 0.1) is 13.8 Å². The Morgan fingerprint density at radius 2 is 1.97 bits per heavy atom. The fourth-order valence-corrected chi connectivity index (χ4v) is 3.27. The predicted octanol–water partition coefficient (Wildman–Crippen LogP) is 2.82. The lowest BCUT2D eigenvalue weighted by Gasteiger charge is -2.29. The summed E-state index contributed by atoms with van der Waals surface area (Å²) in [5.74, 6) is 0.446. The van der Waals surface area contributed by atoms with Crippen LogP contribution in [-0.2, 0) is 11.2 Å². The molecule has 4 rings (SSSR count). The molecule has 8 nitrogen and oxygen atoms in total. The van der Waals surface area contributed by atoms with Gasteiger partial charge in [0.2, 0.25) is 5.95 Å². The molecule has 1 aromatic carbocycles. The van der Waals surface area contributed by atoms with Gasteiger partial charge in [-0.1, -0.05) is 6.07 Å². The van der Waals surface area contributed by atoms with Crippen molar-refractivity contribution in [3.05, 3.63) is 59.2 Å². The quantitative estimate of drug-likeness (QED) is 0.623. The molecule has 1 saturated heterocycles. The summed E-state index contributed by atoms with van der Waals surface area (Å²) in [6.07, 6.45) is 3.57. The predicted molar refractivity (Wildman–Crippen MR) is 111 cm³/mol. The second kappa shape index (κ2) is 8.40. The molecule has 0 spiro atoms. The lowest BCUT2D eigenvalue weighted by molar-refractivity contribution is 0.0987. The number of anilines is 3. The van der Waals surface area contributed by atoms with Gasteiger partial charge in [-0.25, -0.2) is 9.97 Å². The Kier molecular flexibility index (Phi) is 5.53. The number of hydrogen-bond acceptors (Lipinski definition) is 7. The van der Waals surface area contributed by atoms with Crippen LogP contribution in [0.1, 0.15) is 27.3 Å². The van der Waals surface area contributed by atoms with E-state index in [0.29, 0.717) is 11.6 Å². The van der Waals surface area contributed by atoms with Gasteiger partial charge in [-0.3, -0.25) is 9.89 Å². The van der Waals surface area contributed by atoms with E-state index in [1.165, 1.54) is 0 Å². The molecule has 1 aliphatic heterocycles. The first kappa shape index (κ1) is 19.1. The van der Waals surface area contributed by atoms with Crippen molar-refractivity contribution in [1.82, 2.24) is 20.2 Å². The Bertz CT molecular complexity index is 993. The van der Waals surface area contributed by atoms with E-state index in [2.05, 4.69) is 42.5 Å². The van der Waals surface area contributed by atoms with Gasteiger partial charge in [0, 0.05) is 54.5 Å². The molecule has 1 fully saturated rings. The Morgan fingerprint density at radius 1 is 1.21 bits per heavy atom. The lowest BCUT2D eigenvalue weighted by atomic mass is 10.1. The number of H-pyrrole nitrogens is 1. The number of nitrogens with one attached hydrogen (secondary N) is 2. The molecule has 2 aromatic heterocycles. The van der Waals surface area contributed by atoms with E-state index in [9.17, 15) is 4.79 Å². The standard InChI is InChI=1S/C21H24N6O2/c1-14-15(2)25-26-20(14)19(28)10-16-12-22-21(23-13-16)24-17-4-3-5-18(11-17)27-6-8-29-9-7-27/h3-5,11-13H,6-10H2,1-2H3,(H,25,26)(H,22,23,24). The van der Waals surface area contributed by atoms with Crippen LogP contribution in [0.3, 0.4) is 0 Å². The SMILES string of the molecule is Cc1[nH]nc(C(=O)Cc2cnc(Nc3cccc(N4CCOCC4)c3)nc2)c1C. The maximum absolute atomic E-state index is 12.4. The molecule has 0 saturated carbocycles. The molecule has 0 unspecified atom stereocenters. The minimum Gasteiger partial charge on any atom is -0.378 e. The van der Waals surface area contributed by atoms with E-state index in [0.717, 1.165) is 54.5 Å². The van der Waals surface area contributed by atoms with Gasteiger partial charge in [-0.2, -0.15) is 5.10 Å². The van der Waals surface area contributed by atoms with Crippen LogP contribution in [-0.4, -0.2) is 52.3 Å². The molecule has 0 radical (unpaired) electrons. The van der Waals surface area contributed by atoms with E-state index in [-0.39, 0.29) is 12.2 Å². The van der Waals surface area contributed by atoms with Crippen LogP contribution < -0.4 is 10.2 Å². The van der Waals surface area contributed by atoms with Crippen LogP contribution in [0.4, 0.5) is 17.3 Å². The Hall–Kier alpha value is -3.26. The van der Waals surface area contributed by atoms with Gasteiger partial charge in [-0.05, 0) is 37.6 Å². The zero-order chi connectivity index (χ0) is 20.2. The number of ketones is 1. The van der Waals surface area contributed by atoms with E-state index in [4.69, 9.17) is 4.74 Å². The van der Waals surface area contributed by atoms with E-state index in [1.54, 1.807) is 12.4 Å². The number of morpholine rings is 1. The highest BCUT2D eigenvalue weighted by molar-refractivity contribution is 5.97. The van der Waals surface area contributed by atoms with Gasteiger partial charge in [0.05, 0.1) is 13.2 Å². The molecule has 8 heteroatoms. The molecule has 2 N–H and O–H groups in total. The van der Waals surface area contributed by atoms with Gasteiger partial charge in [0.15, 0.2) is 5.78 Å². The topological polar surface area (TPSA) is 96.0 Å². The maximum atomic E-state index is 12.4. The summed E-state index contributed by atoms with van der Waals surface area (Å²) in [6, 6.07) is 8.15. The van der Waals surface area contributed by atoms with Crippen molar-refractivity contribution in [2.24, 2.45) is 0 Å². The average Bonchev–Trinajstić information content (AvgIpc) is 3.09. The van der Waals surface area contributed by atoms with Crippen molar-refractivity contribution in [3.8, 4) is 0 Å². The molecule has 0 amide bonds. The van der Waals surface area contributed by atoms with E-state index < -0.39 is 0 Å². The Labute approximate surface area is 169 Å². The first-order valence-electron chi connectivity index (χ1n) is 9.65. The smallest absolute Gasteiger partial charge is 0.227 e. The number of hydrogen-bond donors (Lipinski definition) is 2. The number of nitrogens with zero attached hydrogens (tertiary/aromatic N) is 4. The number of carbonyl (C=O) groups excluding carboxylic acids is 1. The normalized spacial score (nSPS) is 14.1. The van der Waals surface area contributed by atoms with Gasteiger partial charge in [0.25, 0.3) is 0 Å². The summed E-state index contributed by atoms with van der Waals surface area (Å²) in [6.45, 7) is 7.06. The molecule has 150 valence electrons. The van der Waals surface area contributed by atoms with Crippen molar-refractivity contribution in [3.63, 3.8) is 0 Å². The van der Waals surface area contributed by atoms with E-state index in [1.807, 2.05) is 26.0 Å². The van der Waals surface area contributed by atoms with Crippen molar-refractivity contribution in [1.29, 1.82) is 0 Å². The van der Waals surface area contributed by atoms with Crippen LogP contribution in [0.5, 0.6) is 0 Å². The van der Waals surface area contributed by atoms with Crippen LogP contribution >= 0.6 is 0 Å². The number of aromatic amines is 1. The average molecular weight is 392 g/mol. The third-order valence-corrected chi connectivity index (χ3v) is 5.07. The van der Waals surface area contributed by atoms with Crippen molar-refractivity contribution in [2.45, 2.75) is 20.3 Å². The Morgan fingerprint density at radius 3 is 2.66 bits per heavy atom. The van der Waals surface area contributed by atoms with Crippen molar-refractivity contribution in [2.75, 3.05) is 36.5 Å². The highest BCUT2D eigenvalue weighted by atomic mass is 16.5. The minimum atomic E-state index is -0.0469. The molecule has 3 heterocycles. The summed E-state index contributed by atoms with van der Waals surface area (Å²) in [7, 11) is 0. The largest absolute Gasteiger partial charge is 0.378 e. The molecule has 29 heavy (non-hydrogen) atoms. The monoisotopic (exact) mass is 392 g/mol. The third kappa shape index (κ3) is 4.43. The van der Waals surface area contributed by atoms with Crippen LogP contribution in [0.15, 0.2) is 36.7 Å². The molecular weight excluding hydrogens is 368 g/mol. The van der Waals surface area contributed by atoms with Gasteiger partial charge >= 0.3 is 0 Å². The second-order valence-electron chi connectivity index (χ2n) is 7.11. The van der Waals surface area contributed by atoms with Gasteiger partial charge in [0.1, 0.15) is 5.69 Å². The van der Waals surface area contributed by atoms with E-state index >= 15 is 0 Å². The number of carbonyl (C=O) groups is 1. The maximum Gasteiger partial charge on any atom is 0.227 e. The molecule has 3 aromatic rings. The molecular formula is C21H24N6O2. The lowest BCUT2D eigenvalue weighted by Crippen LogP contribution is -2.36. The minimum absolute atomic E-state index is 0.0469. The second-order valence-corrected chi connectivity index (χ2v) is 7.11. The summed E-state index contributed by atoms with van der Waals surface area (Å²) in [4.78, 5) is 23.4. The number of ether oxygens (including phenoxy) is 1. The van der Waals surface area contributed by atoms with Crippen LogP contribution in [0.2, 0.25) is 0 Å². The first-order valence-corrected chi connectivity index (χ1v) is 9.65. The zero-order valence-corrected chi connectivity index (χ0v) is 16.6. The number of aromatic nitrogens is 4. The number of Topliss-reactive ketones (excluding diaryl/α,β-unsaturated/α-hetero) is 1. The van der Waals surface area contributed by atoms with Gasteiger partial charge in [-0.15, -0.1) is 0 Å². The summed E-state index contributed by atoms with van der Waals surface area (Å²) < 4.78 is 5.41. The molecule has 0 bridgehead atoms. The Balaban J connectivity index is 1.41. The number of rotatable bonds is 6. The highest BCUT2D eigenvalue weighted by Gasteiger charge is 2.15. The zero-order valence-electron chi connectivity index (χ0n) is 16.6. The molecule has 0 aliphatic carbocycles. The molecule has 0 atom stereocenters. The summed E-state index contributed by atoms with van der Waals surface area (Å²) in [5, 5.41) is 10.2. The van der Waals surface area contributed by atoms with Crippen molar-refractivity contribution >= 4 is 23.1 Å². The third-order valence-electron chi connectivity index (χ3n) is 5.07.